The number of nitrogens with one attached hydrogen (secondary N) is 1. The number of hydrogen-bond donors (Lipinski definition) is 3. The van der Waals surface area contributed by atoms with E-state index >= 15 is 0 Å². The van der Waals surface area contributed by atoms with Crippen molar-refractivity contribution in [1.29, 1.82) is 0 Å². The number of carbonyl (C=O) groups is 1. The molecule has 0 saturated carbocycles. The third-order valence-corrected chi connectivity index (χ3v) is 2.48. The minimum absolute atomic E-state index is 0.0676. The minimum atomic E-state index is -0.293. The topological polar surface area (TPSA) is 88.2 Å². The fourth-order valence-electron chi connectivity index (χ4n) is 0.928. The Balaban J connectivity index is 2.58. The van der Waals surface area contributed by atoms with E-state index in [4.69, 9.17) is 10.8 Å². The van der Waals surface area contributed by atoms with Crippen LogP contribution in [0.25, 0.3) is 0 Å². The van der Waals surface area contributed by atoms with Crippen molar-refractivity contribution >= 4 is 22.4 Å². The fourth-order valence-corrected chi connectivity index (χ4v) is 1.47. The largest absolute Gasteiger partial charge is 0.394 e. The van der Waals surface area contributed by atoms with E-state index in [1.807, 2.05) is 6.92 Å². The molecule has 0 aromatic carbocycles. The molecule has 0 spiro atoms. The van der Waals surface area contributed by atoms with E-state index in [-0.39, 0.29) is 18.6 Å². The highest BCUT2D eigenvalue weighted by Crippen LogP contribution is 2.10. The van der Waals surface area contributed by atoms with Gasteiger partial charge in [-0.25, -0.2) is 4.98 Å². The number of amides is 1. The van der Waals surface area contributed by atoms with Gasteiger partial charge < -0.3 is 16.2 Å². The summed E-state index contributed by atoms with van der Waals surface area (Å²) in [5.74, 6) is -0.293. The van der Waals surface area contributed by atoms with E-state index in [9.17, 15) is 4.79 Å². The molecule has 0 aliphatic rings. The van der Waals surface area contributed by atoms with Gasteiger partial charge >= 0.3 is 0 Å². The van der Waals surface area contributed by atoms with Gasteiger partial charge in [-0.3, -0.25) is 4.79 Å². The first-order valence-corrected chi connectivity index (χ1v) is 5.18. The molecule has 0 unspecified atom stereocenters. The molecule has 1 rings (SSSR count). The van der Waals surface area contributed by atoms with E-state index in [1.54, 1.807) is 5.38 Å². The normalized spacial score (nSPS) is 12.4. The quantitative estimate of drug-likeness (QED) is 0.670. The summed E-state index contributed by atoms with van der Waals surface area (Å²) in [5.41, 5.74) is 5.70. The molecule has 1 aromatic rings. The van der Waals surface area contributed by atoms with Gasteiger partial charge in [0.15, 0.2) is 5.13 Å². The van der Waals surface area contributed by atoms with Crippen molar-refractivity contribution in [2.24, 2.45) is 0 Å². The van der Waals surface area contributed by atoms with E-state index in [2.05, 4.69) is 10.3 Å². The number of anilines is 1. The average molecular weight is 215 g/mol. The van der Waals surface area contributed by atoms with Crippen LogP contribution in [0, 0.1) is 0 Å². The smallest absolute Gasteiger partial charge is 0.271 e. The first-order valence-electron chi connectivity index (χ1n) is 4.30. The average Bonchev–Trinajstić information content (AvgIpc) is 2.61. The van der Waals surface area contributed by atoms with Crippen LogP contribution in [0.4, 0.5) is 5.13 Å². The number of rotatable bonds is 4. The van der Waals surface area contributed by atoms with Gasteiger partial charge in [-0.1, -0.05) is 6.92 Å². The molecule has 0 aliphatic carbocycles. The highest BCUT2D eigenvalue weighted by Gasteiger charge is 2.13. The SMILES string of the molecule is CC[C@@H](CO)NC(=O)c1csc(N)n1. The first-order chi connectivity index (χ1) is 6.67. The lowest BCUT2D eigenvalue weighted by Crippen LogP contribution is -2.37. The molecule has 6 heteroatoms. The third-order valence-electron chi connectivity index (χ3n) is 1.80. The maximum atomic E-state index is 11.5. The highest BCUT2D eigenvalue weighted by atomic mass is 32.1. The lowest BCUT2D eigenvalue weighted by molar-refractivity contribution is 0.0910. The second-order valence-electron chi connectivity index (χ2n) is 2.83. The molecular weight excluding hydrogens is 202 g/mol. The Kier molecular flexibility index (Phi) is 3.84. The number of aliphatic hydroxyl groups is 1. The van der Waals surface area contributed by atoms with Crippen LogP contribution in [0.15, 0.2) is 5.38 Å². The van der Waals surface area contributed by atoms with Crippen LogP contribution in [-0.2, 0) is 0 Å². The summed E-state index contributed by atoms with van der Waals surface area (Å²) in [6.07, 6.45) is 0.682. The maximum Gasteiger partial charge on any atom is 0.271 e. The number of aliphatic hydroxyl groups excluding tert-OH is 1. The lowest BCUT2D eigenvalue weighted by Gasteiger charge is -2.12. The zero-order valence-corrected chi connectivity index (χ0v) is 8.67. The van der Waals surface area contributed by atoms with Gasteiger partial charge in [-0.05, 0) is 6.42 Å². The van der Waals surface area contributed by atoms with Crippen molar-refractivity contribution in [2.45, 2.75) is 19.4 Å². The van der Waals surface area contributed by atoms with E-state index < -0.39 is 0 Å². The van der Waals surface area contributed by atoms with Crippen LogP contribution in [0.3, 0.4) is 0 Å². The summed E-state index contributed by atoms with van der Waals surface area (Å²) >= 11 is 1.22. The number of nitrogen functional groups attached to an aromatic ring is 1. The summed E-state index contributed by atoms with van der Waals surface area (Å²) in [4.78, 5) is 15.3. The Morgan fingerprint density at radius 1 is 1.86 bits per heavy atom. The van der Waals surface area contributed by atoms with Crippen molar-refractivity contribution in [3.8, 4) is 0 Å². The summed E-state index contributed by atoms with van der Waals surface area (Å²) in [6.45, 7) is 1.82. The molecule has 78 valence electrons. The van der Waals surface area contributed by atoms with E-state index in [1.165, 1.54) is 11.3 Å². The number of thiazole rings is 1. The van der Waals surface area contributed by atoms with Crippen LogP contribution >= 0.6 is 11.3 Å². The van der Waals surface area contributed by atoms with E-state index in [0.717, 1.165) is 0 Å². The van der Waals surface area contributed by atoms with Crippen molar-refractivity contribution in [2.75, 3.05) is 12.3 Å². The van der Waals surface area contributed by atoms with Crippen LogP contribution in [-0.4, -0.2) is 28.6 Å². The molecule has 1 heterocycles. The molecule has 1 amide bonds. The second kappa shape index (κ2) is 4.92. The number of nitrogens with two attached hydrogens (primary N) is 1. The number of carbonyl (C=O) groups excluding carboxylic acids is 1. The summed E-state index contributed by atoms with van der Waals surface area (Å²) < 4.78 is 0. The van der Waals surface area contributed by atoms with Gasteiger partial charge in [-0.2, -0.15) is 0 Å². The summed E-state index contributed by atoms with van der Waals surface area (Å²) in [5, 5.41) is 13.5. The predicted octanol–water partition coefficient (Wildman–Crippen LogP) is 0.226. The van der Waals surface area contributed by atoms with E-state index in [0.29, 0.717) is 17.2 Å². The monoisotopic (exact) mass is 215 g/mol. The highest BCUT2D eigenvalue weighted by molar-refractivity contribution is 7.13. The number of aromatic nitrogens is 1. The Bertz CT molecular complexity index is 309. The molecule has 0 bridgehead atoms. The van der Waals surface area contributed by atoms with Crippen molar-refractivity contribution in [1.82, 2.24) is 10.3 Å². The van der Waals surface area contributed by atoms with Crippen LogP contribution in [0.1, 0.15) is 23.8 Å². The molecule has 4 N–H and O–H groups in total. The first kappa shape index (κ1) is 10.9. The standard InChI is InChI=1S/C8H13N3O2S/c1-2-5(3-12)10-7(13)6-4-14-8(9)11-6/h4-5,12H,2-3H2,1H3,(H2,9,11)(H,10,13)/t5-/m0/s1. The third kappa shape index (κ3) is 2.68. The molecule has 0 aliphatic heterocycles. The molecule has 0 saturated heterocycles. The van der Waals surface area contributed by atoms with Gasteiger partial charge in [0.25, 0.3) is 5.91 Å². The Hall–Kier alpha value is -1.14. The Morgan fingerprint density at radius 3 is 3.00 bits per heavy atom. The van der Waals surface area contributed by atoms with Gasteiger partial charge in [0, 0.05) is 5.38 Å². The lowest BCUT2D eigenvalue weighted by atomic mass is 10.2. The predicted molar refractivity (Wildman–Crippen MR) is 55.2 cm³/mol. The zero-order chi connectivity index (χ0) is 10.6. The van der Waals surface area contributed by atoms with Crippen LogP contribution < -0.4 is 11.1 Å². The zero-order valence-electron chi connectivity index (χ0n) is 7.86. The van der Waals surface area contributed by atoms with Gasteiger partial charge in [0.05, 0.1) is 12.6 Å². The van der Waals surface area contributed by atoms with Gasteiger partial charge in [0.2, 0.25) is 0 Å². The van der Waals surface area contributed by atoms with Crippen molar-refractivity contribution in [3.63, 3.8) is 0 Å². The molecule has 0 radical (unpaired) electrons. The summed E-state index contributed by atoms with van der Waals surface area (Å²) in [7, 11) is 0. The molecular formula is C8H13N3O2S. The minimum Gasteiger partial charge on any atom is -0.394 e. The Labute approximate surface area is 86.0 Å². The van der Waals surface area contributed by atoms with Crippen molar-refractivity contribution in [3.05, 3.63) is 11.1 Å². The van der Waals surface area contributed by atoms with Crippen LogP contribution in [0.2, 0.25) is 0 Å². The van der Waals surface area contributed by atoms with Crippen LogP contribution in [0.5, 0.6) is 0 Å². The maximum absolute atomic E-state index is 11.5. The Morgan fingerprint density at radius 2 is 2.57 bits per heavy atom. The number of hydrogen-bond acceptors (Lipinski definition) is 5. The van der Waals surface area contributed by atoms with Gasteiger partial charge in [-0.15, -0.1) is 11.3 Å². The van der Waals surface area contributed by atoms with Gasteiger partial charge in [0.1, 0.15) is 5.69 Å². The van der Waals surface area contributed by atoms with Crippen molar-refractivity contribution < 1.29 is 9.90 Å². The molecule has 5 nitrogen and oxygen atoms in total. The molecule has 1 aromatic heterocycles. The molecule has 1 atom stereocenters. The second-order valence-corrected chi connectivity index (χ2v) is 3.72. The summed E-state index contributed by atoms with van der Waals surface area (Å²) in [6, 6.07) is -0.217. The molecule has 14 heavy (non-hydrogen) atoms. The fraction of sp³-hybridized carbons (Fsp3) is 0.500. The number of nitrogens with zero attached hydrogens (tertiary/aromatic N) is 1. The molecule has 0 fully saturated rings.